The van der Waals surface area contributed by atoms with Crippen LogP contribution in [0.3, 0.4) is 0 Å². The smallest absolute Gasteiger partial charge is 0.0340 e. The van der Waals surface area contributed by atoms with E-state index in [0.717, 1.165) is 13.1 Å². The summed E-state index contributed by atoms with van der Waals surface area (Å²) in [5.74, 6) is 0.666. The lowest BCUT2D eigenvalue weighted by Gasteiger charge is -2.11. The normalized spacial score (nSPS) is 12.4. The highest BCUT2D eigenvalue weighted by Crippen LogP contribution is 2.20. The third-order valence-corrected chi connectivity index (χ3v) is 3.27. The summed E-state index contributed by atoms with van der Waals surface area (Å²) in [5, 5.41) is 6.62. The van der Waals surface area contributed by atoms with Crippen LogP contribution < -0.4 is 10.6 Å². The molecule has 17 heavy (non-hydrogen) atoms. The van der Waals surface area contributed by atoms with Gasteiger partial charge in [0.25, 0.3) is 0 Å². The monoisotopic (exact) mass is 234 g/mol. The van der Waals surface area contributed by atoms with E-state index in [4.69, 9.17) is 0 Å². The zero-order valence-corrected chi connectivity index (χ0v) is 11.4. The van der Waals surface area contributed by atoms with Gasteiger partial charge in [-0.3, -0.25) is 0 Å². The molecule has 0 saturated heterocycles. The highest BCUT2D eigenvalue weighted by molar-refractivity contribution is 5.45. The molecule has 1 aromatic rings. The number of anilines is 1. The van der Waals surface area contributed by atoms with Crippen LogP contribution in [0, 0.1) is 0 Å². The van der Waals surface area contributed by atoms with E-state index in [-0.39, 0.29) is 0 Å². The van der Waals surface area contributed by atoms with Gasteiger partial charge in [-0.1, -0.05) is 26.0 Å². The molecule has 0 spiro atoms. The Hall–Kier alpha value is -1.02. The average molecular weight is 234 g/mol. The topological polar surface area (TPSA) is 24.1 Å². The summed E-state index contributed by atoms with van der Waals surface area (Å²) in [5.41, 5.74) is 2.68. The number of nitrogens with one attached hydrogen (secondary N) is 2. The van der Waals surface area contributed by atoms with E-state index in [1.807, 2.05) is 7.05 Å². The van der Waals surface area contributed by atoms with Crippen molar-refractivity contribution >= 4 is 5.69 Å². The minimum Gasteiger partial charge on any atom is -0.385 e. The van der Waals surface area contributed by atoms with Gasteiger partial charge in [-0.05, 0) is 56.5 Å². The molecule has 1 rings (SSSR count). The second-order valence-corrected chi connectivity index (χ2v) is 4.67. The quantitative estimate of drug-likeness (QED) is 0.671. The standard InChI is InChI=1S/C15H26N2/c1-4-13(2)14-7-9-15(10-8-14)17-12-6-5-11-16-3/h7-10,13,16-17H,4-6,11-12H2,1-3H3. The molecule has 0 aromatic heterocycles. The van der Waals surface area contributed by atoms with Gasteiger partial charge in [0, 0.05) is 12.2 Å². The van der Waals surface area contributed by atoms with Crippen LogP contribution in [0.15, 0.2) is 24.3 Å². The summed E-state index contributed by atoms with van der Waals surface area (Å²) in [6, 6.07) is 8.87. The Kier molecular flexibility index (Phi) is 6.71. The average Bonchev–Trinajstić information content (AvgIpc) is 2.38. The number of hydrogen-bond donors (Lipinski definition) is 2. The van der Waals surface area contributed by atoms with Crippen molar-refractivity contribution in [2.75, 3.05) is 25.5 Å². The molecule has 1 atom stereocenters. The molecule has 0 fully saturated rings. The largest absolute Gasteiger partial charge is 0.385 e. The van der Waals surface area contributed by atoms with Crippen molar-refractivity contribution in [1.29, 1.82) is 0 Å². The molecular formula is C15H26N2. The molecule has 0 radical (unpaired) electrons. The SMILES string of the molecule is CCC(C)c1ccc(NCCCCNC)cc1. The third kappa shape index (κ3) is 5.22. The zero-order valence-electron chi connectivity index (χ0n) is 11.4. The first kappa shape index (κ1) is 14.0. The lowest BCUT2D eigenvalue weighted by molar-refractivity contribution is 0.694. The molecule has 96 valence electrons. The van der Waals surface area contributed by atoms with Crippen LogP contribution >= 0.6 is 0 Å². The van der Waals surface area contributed by atoms with Crippen molar-refractivity contribution in [3.05, 3.63) is 29.8 Å². The summed E-state index contributed by atoms with van der Waals surface area (Å²) in [6.07, 6.45) is 3.65. The summed E-state index contributed by atoms with van der Waals surface area (Å²) in [7, 11) is 2.00. The maximum atomic E-state index is 3.46. The van der Waals surface area contributed by atoms with Crippen LogP contribution in [0.1, 0.15) is 44.6 Å². The van der Waals surface area contributed by atoms with Gasteiger partial charge < -0.3 is 10.6 Å². The van der Waals surface area contributed by atoms with Gasteiger partial charge in [0.05, 0.1) is 0 Å². The molecule has 1 aromatic carbocycles. The number of unbranched alkanes of at least 4 members (excludes halogenated alkanes) is 1. The third-order valence-electron chi connectivity index (χ3n) is 3.27. The highest BCUT2D eigenvalue weighted by atomic mass is 14.9. The van der Waals surface area contributed by atoms with Crippen molar-refractivity contribution in [1.82, 2.24) is 5.32 Å². The fourth-order valence-electron chi connectivity index (χ4n) is 1.82. The number of benzene rings is 1. The summed E-state index contributed by atoms with van der Waals surface area (Å²) in [4.78, 5) is 0. The van der Waals surface area contributed by atoms with E-state index in [2.05, 4.69) is 48.7 Å². The first-order valence-electron chi connectivity index (χ1n) is 6.76. The minimum absolute atomic E-state index is 0.666. The van der Waals surface area contributed by atoms with Gasteiger partial charge in [-0.2, -0.15) is 0 Å². The molecule has 2 nitrogen and oxygen atoms in total. The molecular weight excluding hydrogens is 208 g/mol. The maximum absolute atomic E-state index is 3.46. The first-order chi connectivity index (χ1) is 8.27. The van der Waals surface area contributed by atoms with Gasteiger partial charge in [0.2, 0.25) is 0 Å². The molecule has 2 N–H and O–H groups in total. The van der Waals surface area contributed by atoms with E-state index in [1.54, 1.807) is 0 Å². The Morgan fingerprint density at radius 3 is 2.29 bits per heavy atom. The van der Waals surface area contributed by atoms with E-state index in [9.17, 15) is 0 Å². The van der Waals surface area contributed by atoms with Gasteiger partial charge in [-0.25, -0.2) is 0 Å². The van der Waals surface area contributed by atoms with Crippen LogP contribution in [-0.2, 0) is 0 Å². The minimum atomic E-state index is 0.666. The van der Waals surface area contributed by atoms with Crippen molar-refractivity contribution in [3.8, 4) is 0 Å². The Balaban J connectivity index is 2.30. The zero-order chi connectivity index (χ0) is 12.5. The molecule has 1 unspecified atom stereocenters. The molecule has 0 aliphatic carbocycles. The lowest BCUT2D eigenvalue weighted by atomic mass is 9.99. The summed E-state index contributed by atoms with van der Waals surface area (Å²) < 4.78 is 0. The van der Waals surface area contributed by atoms with E-state index >= 15 is 0 Å². The lowest BCUT2D eigenvalue weighted by Crippen LogP contribution is -2.10. The van der Waals surface area contributed by atoms with Crippen LogP contribution in [0.4, 0.5) is 5.69 Å². The number of rotatable bonds is 8. The predicted octanol–water partition coefficient (Wildman–Crippen LogP) is 3.61. The molecule has 0 aliphatic heterocycles. The Bertz CT molecular complexity index is 292. The first-order valence-corrected chi connectivity index (χ1v) is 6.76. The second kappa shape index (κ2) is 8.13. The Morgan fingerprint density at radius 2 is 1.71 bits per heavy atom. The second-order valence-electron chi connectivity index (χ2n) is 4.67. The number of hydrogen-bond acceptors (Lipinski definition) is 2. The predicted molar refractivity (Wildman–Crippen MR) is 76.8 cm³/mol. The highest BCUT2D eigenvalue weighted by Gasteiger charge is 2.01. The van der Waals surface area contributed by atoms with Crippen LogP contribution in [-0.4, -0.2) is 20.1 Å². The Labute approximate surface area is 106 Å². The molecule has 0 saturated carbocycles. The fraction of sp³-hybridized carbons (Fsp3) is 0.600. The molecule has 0 amide bonds. The van der Waals surface area contributed by atoms with Crippen molar-refractivity contribution in [2.24, 2.45) is 0 Å². The van der Waals surface area contributed by atoms with Gasteiger partial charge in [0.1, 0.15) is 0 Å². The molecule has 0 heterocycles. The van der Waals surface area contributed by atoms with Crippen molar-refractivity contribution < 1.29 is 0 Å². The Morgan fingerprint density at radius 1 is 1.06 bits per heavy atom. The van der Waals surface area contributed by atoms with Gasteiger partial charge in [0.15, 0.2) is 0 Å². The van der Waals surface area contributed by atoms with Crippen LogP contribution in [0.25, 0.3) is 0 Å². The van der Waals surface area contributed by atoms with Crippen molar-refractivity contribution in [2.45, 2.75) is 39.0 Å². The van der Waals surface area contributed by atoms with Crippen LogP contribution in [0.2, 0.25) is 0 Å². The van der Waals surface area contributed by atoms with Gasteiger partial charge >= 0.3 is 0 Å². The van der Waals surface area contributed by atoms with Gasteiger partial charge in [-0.15, -0.1) is 0 Å². The van der Waals surface area contributed by atoms with Crippen LogP contribution in [0.5, 0.6) is 0 Å². The fourth-order valence-corrected chi connectivity index (χ4v) is 1.82. The summed E-state index contributed by atoms with van der Waals surface area (Å²) >= 11 is 0. The summed E-state index contributed by atoms with van der Waals surface area (Å²) in [6.45, 7) is 6.68. The van der Waals surface area contributed by atoms with Crippen molar-refractivity contribution in [3.63, 3.8) is 0 Å². The molecule has 0 aliphatic rings. The maximum Gasteiger partial charge on any atom is 0.0340 e. The van der Waals surface area contributed by atoms with E-state index < -0.39 is 0 Å². The molecule has 2 heteroatoms. The van der Waals surface area contributed by atoms with E-state index in [0.29, 0.717) is 5.92 Å². The van der Waals surface area contributed by atoms with E-state index in [1.165, 1.54) is 30.5 Å². The molecule has 0 bridgehead atoms.